The Hall–Kier alpha value is -1.32. The molecular weight excluding hydrogens is 148 g/mol. The van der Waals surface area contributed by atoms with Gasteiger partial charge < -0.3 is 9.47 Å². The van der Waals surface area contributed by atoms with Crippen LogP contribution in [-0.4, -0.2) is 26.2 Å². The van der Waals surface area contributed by atoms with Crippen molar-refractivity contribution < 1.29 is 19.1 Å². The van der Waals surface area contributed by atoms with E-state index in [4.69, 9.17) is 0 Å². The van der Waals surface area contributed by atoms with Crippen LogP contribution >= 0.6 is 0 Å². The summed E-state index contributed by atoms with van der Waals surface area (Å²) in [6.07, 6.45) is 0.402. The molecule has 0 saturated heterocycles. The van der Waals surface area contributed by atoms with Crippen molar-refractivity contribution >= 4 is 11.9 Å². The van der Waals surface area contributed by atoms with Gasteiger partial charge in [-0.1, -0.05) is 0 Å². The molecule has 0 amide bonds. The number of carbonyl (C=O) groups excluding carboxylic acids is 2. The van der Waals surface area contributed by atoms with Crippen LogP contribution in [0.15, 0.2) is 11.1 Å². The molecule has 0 fully saturated rings. The first-order valence-corrected chi connectivity index (χ1v) is 3.09. The van der Waals surface area contributed by atoms with E-state index >= 15 is 0 Å². The number of hydrogen-bond donors (Lipinski definition) is 0. The van der Waals surface area contributed by atoms with Crippen molar-refractivity contribution in [2.45, 2.75) is 6.42 Å². The summed E-state index contributed by atoms with van der Waals surface area (Å²) in [5.74, 6) is -0.879. The Kier molecular flexibility index (Phi) is 1.94. The molecule has 1 aliphatic carbocycles. The second-order valence-electron chi connectivity index (χ2n) is 2.12. The van der Waals surface area contributed by atoms with E-state index in [-0.39, 0.29) is 0 Å². The maximum atomic E-state index is 10.7. The number of ether oxygens (including phenoxy) is 2. The van der Waals surface area contributed by atoms with E-state index in [2.05, 4.69) is 9.47 Å². The Morgan fingerprint density at radius 3 is 1.73 bits per heavy atom. The fourth-order valence-corrected chi connectivity index (χ4v) is 0.770. The first-order valence-electron chi connectivity index (χ1n) is 3.09. The average molecular weight is 156 g/mol. The first kappa shape index (κ1) is 7.78. The number of esters is 2. The van der Waals surface area contributed by atoms with E-state index in [0.717, 1.165) is 0 Å². The lowest BCUT2D eigenvalue weighted by molar-refractivity contribution is -0.137. The highest BCUT2D eigenvalue weighted by Crippen LogP contribution is 2.32. The smallest absolute Gasteiger partial charge is 0.334 e. The maximum absolute atomic E-state index is 10.7. The monoisotopic (exact) mass is 156 g/mol. The molecule has 0 atom stereocenters. The maximum Gasteiger partial charge on any atom is 0.334 e. The van der Waals surface area contributed by atoms with Gasteiger partial charge in [0.05, 0.1) is 25.4 Å². The summed E-state index contributed by atoms with van der Waals surface area (Å²) >= 11 is 0. The highest BCUT2D eigenvalue weighted by atomic mass is 16.5. The van der Waals surface area contributed by atoms with E-state index in [0.29, 0.717) is 17.6 Å². The molecule has 0 aromatic rings. The Bertz CT molecular complexity index is 215. The third-order valence-corrected chi connectivity index (χ3v) is 1.46. The first-order chi connectivity index (χ1) is 5.20. The molecule has 0 bridgehead atoms. The van der Waals surface area contributed by atoms with Crippen LogP contribution < -0.4 is 0 Å². The van der Waals surface area contributed by atoms with Crippen molar-refractivity contribution in [1.29, 1.82) is 0 Å². The molecule has 11 heavy (non-hydrogen) atoms. The SMILES string of the molecule is COC(=O)C1=C(C(=O)OC)C1. The van der Waals surface area contributed by atoms with Crippen molar-refractivity contribution in [3.05, 3.63) is 11.1 Å². The number of methoxy groups -OCH3 is 2. The van der Waals surface area contributed by atoms with Crippen LogP contribution in [0.5, 0.6) is 0 Å². The predicted octanol–water partition coefficient (Wildman–Crippen LogP) is 0.0327. The molecule has 60 valence electrons. The summed E-state index contributed by atoms with van der Waals surface area (Å²) in [4.78, 5) is 21.4. The van der Waals surface area contributed by atoms with E-state index in [1.165, 1.54) is 14.2 Å². The van der Waals surface area contributed by atoms with Gasteiger partial charge in [-0.05, 0) is 0 Å². The molecule has 1 aliphatic rings. The molecule has 0 N–H and O–H groups in total. The van der Waals surface area contributed by atoms with Gasteiger partial charge in [0.15, 0.2) is 0 Å². The van der Waals surface area contributed by atoms with E-state index in [9.17, 15) is 9.59 Å². The van der Waals surface area contributed by atoms with Crippen molar-refractivity contribution in [2.24, 2.45) is 0 Å². The Morgan fingerprint density at radius 1 is 1.09 bits per heavy atom. The molecule has 0 aromatic carbocycles. The van der Waals surface area contributed by atoms with Gasteiger partial charge in [-0.3, -0.25) is 0 Å². The summed E-state index contributed by atoms with van der Waals surface area (Å²) in [7, 11) is 2.56. The Labute approximate surface area is 63.8 Å². The highest BCUT2D eigenvalue weighted by molar-refractivity contribution is 6.08. The van der Waals surface area contributed by atoms with Crippen LogP contribution in [-0.2, 0) is 19.1 Å². The lowest BCUT2D eigenvalue weighted by Gasteiger charge is -1.88. The molecule has 0 spiro atoms. The average Bonchev–Trinajstić information content (AvgIpc) is 2.80. The number of hydrogen-bond acceptors (Lipinski definition) is 4. The van der Waals surface area contributed by atoms with Gasteiger partial charge in [0.2, 0.25) is 0 Å². The van der Waals surface area contributed by atoms with Gasteiger partial charge in [0, 0.05) is 6.42 Å². The van der Waals surface area contributed by atoms with Crippen LogP contribution in [0, 0.1) is 0 Å². The van der Waals surface area contributed by atoms with E-state index in [1.54, 1.807) is 0 Å². The van der Waals surface area contributed by atoms with Gasteiger partial charge >= 0.3 is 11.9 Å². The van der Waals surface area contributed by atoms with Gasteiger partial charge in [-0.15, -0.1) is 0 Å². The summed E-state index contributed by atoms with van der Waals surface area (Å²) in [5.41, 5.74) is 0.860. The van der Waals surface area contributed by atoms with Crippen molar-refractivity contribution in [2.75, 3.05) is 14.2 Å². The van der Waals surface area contributed by atoms with Crippen molar-refractivity contribution in [3.8, 4) is 0 Å². The number of carbonyl (C=O) groups is 2. The van der Waals surface area contributed by atoms with Crippen molar-refractivity contribution in [3.63, 3.8) is 0 Å². The molecule has 0 aliphatic heterocycles. The normalized spacial score (nSPS) is 14.4. The standard InChI is InChI=1S/C7H8O4/c1-10-6(8)4-3-5(4)7(9)11-2/h3H2,1-2H3. The predicted molar refractivity (Wildman–Crippen MR) is 35.7 cm³/mol. The molecule has 0 heterocycles. The quantitative estimate of drug-likeness (QED) is 0.529. The fourth-order valence-electron chi connectivity index (χ4n) is 0.770. The fraction of sp³-hybridized carbons (Fsp3) is 0.429. The zero-order valence-corrected chi connectivity index (χ0v) is 6.34. The molecule has 4 nitrogen and oxygen atoms in total. The van der Waals surface area contributed by atoms with Gasteiger partial charge in [-0.25, -0.2) is 9.59 Å². The topological polar surface area (TPSA) is 52.6 Å². The van der Waals surface area contributed by atoms with E-state index < -0.39 is 11.9 Å². The van der Waals surface area contributed by atoms with Crippen molar-refractivity contribution in [1.82, 2.24) is 0 Å². The third kappa shape index (κ3) is 1.39. The molecule has 1 rings (SSSR count). The molecule has 0 aromatic heterocycles. The molecule has 0 saturated carbocycles. The van der Waals surface area contributed by atoms with Gasteiger partial charge in [-0.2, -0.15) is 0 Å². The molecule has 0 radical (unpaired) electrons. The van der Waals surface area contributed by atoms with E-state index in [1.807, 2.05) is 0 Å². The van der Waals surface area contributed by atoms with Crippen LogP contribution in [0.2, 0.25) is 0 Å². The zero-order valence-electron chi connectivity index (χ0n) is 6.34. The summed E-state index contributed by atoms with van der Waals surface area (Å²) in [6, 6.07) is 0. The van der Waals surface area contributed by atoms with Gasteiger partial charge in [0.1, 0.15) is 0 Å². The Morgan fingerprint density at radius 2 is 1.45 bits per heavy atom. The van der Waals surface area contributed by atoms with Gasteiger partial charge in [0.25, 0.3) is 0 Å². The Balaban J connectivity index is 2.61. The molecule has 0 unspecified atom stereocenters. The zero-order chi connectivity index (χ0) is 8.43. The summed E-state index contributed by atoms with van der Waals surface area (Å²) in [5, 5.41) is 0. The second-order valence-corrected chi connectivity index (χ2v) is 2.12. The largest absolute Gasteiger partial charge is 0.466 e. The minimum Gasteiger partial charge on any atom is -0.466 e. The minimum absolute atomic E-state index is 0.402. The van der Waals surface area contributed by atoms with Crippen LogP contribution in [0.4, 0.5) is 0 Å². The number of rotatable bonds is 2. The minimum atomic E-state index is -0.439. The van der Waals surface area contributed by atoms with Crippen LogP contribution in [0.1, 0.15) is 6.42 Å². The highest BCUT2D eigenvalue weighted by Gasteiger charge is 2.34. The third-order valence-electron chi connectivity index (χ3n) is 1.46. The van der Waals surface area contributed by atoms with Crippen LogP contribution in [0.3, 0.4) is 0 Å². The lowest BCUT2D eigenvalue weighted by atomic mass is 10.5. The second kappa shape index (κ2) is 2.74. The summed E-state index contributed by atoms with van der Waals surface area (Å²) in [6.45, 7) is 0. The molecular formula is C7H8O4. The van der Waals surface area contributed by atoms with Crippen LogP contribution in [0.25, 0.3) is 0 Å². The molecule has 4 heteroatoms. The lowest BCUT2D eigenvalue weighted by Crippen LogP contribution is -1.98. The summed E-state index contributed by atoms with van der Waals surface area (Å²) < 4.78 is 8.79.